The van der Waals surface area contributed by atoms with Gasteiger partial charge in [0.25, 0.3) is 0 Å². The lowest BCUT2D eigenvalue weighted by Gasteiger charge is -2.45. The number of anilines is 2. The lowest BCUT2D eigenvalue weighted by atomic mass is 9.97. The number of aromatic nitrogens is 6. The van der Waals surface area contributed by atoms with Gasteiger partial charge >= 0.3 is 0 Å². The molecule has 156 valence electrons. The van der Waals surface area contributed by atoms with E-state index in [2.05, 4.69) is 14.9 Å². The number of morpholine rings is 1. The Labute approximate surface area is 173 Å². The van der Waals surface area contributed by atoms with Crippen molar-refractivity contribution in [2.45, 2.75) is 43.9 Å². The summed E-state index contributed by atoms with van der Waals surface area (Å²) in [6.07, 6.45) is 9.59. The van der Waals surface area contributed by atoms with Crippen LogP contribution in [0.4, 0.5) is 11.9 Å². The molecule has 2 unspecified atom stereocenters. The molecule has 3 aromatic heterocycles. The van der Waals surface area contributed by atoms with E-state index < -0.39 is 0 Å². The van der Waals surface area contributed by atoms with Crippen LogP contribution in [0.25, 0.3) is 22.3 Å². The topological polar surface area (TPSA) is 117 Å². The Kier molecular flexibility index (Phi) is 4.27. The number of ether oxygens (including phenoxy) is 2. The van der Waals surface area contributed by atoms with Crippen LogP contribution in [0.3, 0.4) is 0 Å². The highest BCUT2D eigenvalue weighted by Crippen LogP contribution is 2.34. The zero-order chi connectivity index (χ0) is 20.1. The maximum atomic E-state index is 5.89. The molecule has 4 fully saturated rings. The van der Waals surface area contributed by atoms with Gasteiger partial charge in [0.1, 0.15) is 0 Å². The molecule has 2 N–H and O–H groups in total. The van der Waals surface area contributed by atoms with E-state index in [1.54, 1.807) is 12.4 Å². The van der Waals surface area contributed by atoms with Gasteiger partial charge in [-0.1, -0.05) is 0 Å². The van der Waals surface area contributed by atoms with Crippen LogP contribution in [0.1, 0.15) is 31.7 Å². The van der Waals surface area contributed by atoms with Gasteiger partial charge in [-0.15, -0.1) is 0 Å². The van der Waals surface area contributed by atoms with Crippen molar-refractivity contribution in [3.63, 3.8) is 0 Å². The first-order valence-electron chi connectivity index (χ1n) is 10.6. The predicted molar refractivity (Wildman–Crippen MR) is 110 cm³/mol. The molecule has 2 atom stereocenters. The fraction of sp³-hybridized carbons (Fsp3) is 0.550. The quantitative estimate of drug-likeness (QED) is 0.689. The SMILES string of the molecule is Nc1ncc(-c2nc(N3CC4CCC3CO4)nc3c2cnn3C2CCOCC2)cn1. The highest BCUT2D eigenvalue weighted by molar-refractivity contribution is 5.91. The van der Waals surface area contributed by atoms with Crippen molar-refractivity contribution in [2.75, 3.05) is 37.0 Å². The molecule has 0 aromatic carbocycles. The molecule has 4 saturated heterocycles. The van der Waals surface area contributed by atoms with Gasteiger partial charge in [0, 0.05) is 37.7 Å². The van der Waals surface area contributed by atoms with Crippen molar-refractivity contribution in [3.8, 4) is 11.3 Å². The van der Waals surface area contributed by atoms with Crippen LogP contribution in [0.5, 0.6) is 0 Å². The molecule has 4 aliphatic rings. The number of nitrogen functional groups attached to an aromatic ring is 1. The Hall–Kier alpha value is -2.85. The Balaban J connectivity index is 1.50. The van der Waals surface area contributed by atoms with E-state index in [-0.39, 0.29) is 18.1 Å². The first-order valence-corrected chi connectivity index (χ1v) is 10.6. The van der Waals surface area contributed by atoms with Gasteiger partial charge < -0.3 is 20.1 Å². The average Bonchev–Trinajstić information content (AvgIpc) is 3.24. The molecule has 7 rings (SSSR count). The van der Waals surface area contributed by atoms with Crippen LogP contribution < -0.4 is 10.6 Å². The molecule has 0 amide bonds. The third-order valence-corrected chi connectivity index (χ3v) is 6.37. The second-order valence-electron chi connectivity index (χ2n) is 8.21. The molecule has 2 bridgehead atoms. The third-order valence-electron chi connectivity index (χ3n) is 6.37. The van der Waals surface area contributed by atoms with Gasteiger partial charge in [-0.2, -0.15) is 10.1 Å². The number of rotatable bonds is 3. The van der Waals surface area contributed by atoms with Gasteiger partial charge in [0.05, 0.1) is 42.1 Å². The Morgan fingerprint density at radius 1 is 0.967 bits per heavy atom. The number of fused-ring (bicyclic) bond motifs is 4. The molecular formula is C20H24N8O2. The highest BCUT2D eigenvalue weighted by Gasteiger charge is 2.36. The largest absolute Gasteiger partial charge is 0.381 e. The minimum Gasteiger partial charge on any atom is -0.381 e. The second kappa shape index (κ2) is 7.13. The van der Waals surface area contributed by atoms with E-state index in [1.807, 2.05) is 10.9 Å². The fourth-order valence-corrected chi connectivity index (χ4v) is 4.72. The van der Waals surface area contributed by atoms with Crippen molar-refractivity contribution in [1.82, 2.24) is 29.7 Å². The van der Waals surface area contributed by atoms with Crippen molar-refractivity contribution in [3.05, 3.63) is 18.6 Å². The van der Waals surface area contributed by atoms with Crippen LogP contribution >= 0.6 is 0 Å². The van der Waals surface area contributed by atoms with Crippen LogP contribution in [0.15, 0.2) is 18.6 Å². The number of hydrogen-bond acceptors (Lipinski definition) is 9. The van der Waals surface area contributed by atoms with Crippen LogP contribution in [0.2, 0.25) is 0 Å². The highest BCUT2D eigenvalue weighted by atomic mass is 16.5. The van der Waals surface area contributed by atoms with Gasteiger partial charge in [0.2, 0.25) is 11.9 Å². The molecule has 30 heavy (non-hydrogen) atoms. The van der Waals surface area contributed by atoms with E-state index in [0.29, 0.717) is 6.04 Å². The van der Waals surface area contributed by atoms with Crippen LogP contribution in [-0.4, -0.2) is 68.2 Å². The van der Waals surface area contributed by atoms with Crippen molar-refractivity contribution >= 4 is 22.9 Å². The van der Waals surface area contributed by atoms with Gasteiger partial charge in [0.15, 0.2) is 5.65 Å². The smallest absolute Gasteiger partial charge is 0.228 e. The molecule has 7 heterocycles. The van der Waals surface area contributed by atoms with Gasteiger partial charge in [-0.25, -0.2) is 19.6 Å². The van der Waals surface area contributed by atoms with Crippen molar-refractivity contribution in [2.24, 2.45) is 0 Å². The number of hydrogen-bond donors (Lipinski definition) is 1. The third kappa shape index (κ3) is 2.98. The molecular weight excluding hydrogens is 384 g/mol. The lowest BCUT2D eigenvalue weighted by Crippen LogP contribution is -2.55. The molecule has 10 nitrogen and oxygen atoms in total. The van der Waals surface area contributed by atoms with E-state index in [4.69, 9.17) is 30.3 Å². The summed E-state index contributed by atoms with van der Waals surface area (Å²) in [6.45, 7) is 3.04. The predicted octanol–water partition coefficient (Wildman–Crippen LogP) is 1.58. The fourth-order valence-electron chi connectivity index (χ4n) is 4.72. The molecule has 3 aromatic rings. The van der Waals surface area contributed by atoms with Crippen molar-refractivity contribution in [1.29, 1.82) is 0 Å². The molecule has 4 aliphatic heterocycles. The number of nitrogens with two attached hydrogens (primary N) is 1. The summed E-state index contributed by atoms with van der Waals surface area (Å²) < 4.78 is 13.5. The van der Waals surface area contributed by atoms with Gasteiger partial charge in [-0.05, 0) is 25.7 Å². The van der Waals surface area contributed by atoms with E-state index in [1.165, 1.54) is 0 Å². The minimum atomic E-state index is 0.243. The van der Waals surface area contributed by atoms with Crippen molar-refractivity contribution < 1.29 is 9.47 Å². The normalized spacial score (nSPS) is 24.6. The zero-order valence-electron chi connectivity index (χ0n) is 16.6. The van der Waals surface area contributed by atoms with E-state index >= 15 is 0 Å². The Morgan fingerprint density at radius 3 is 2.50 bits per heavy atom. The molecule has 0 aliphatic carbocycles. The Bertz CT molecular complexity index is 1050. The first-order chi connectivity index (χ1) is 14.8. The summed E-state index contributed by atoms with van der Waals surface area (Å²) in [5.41, 5.74) is 8.15. The van der Waals surface area contributed by atoms with Crippen LogP contribution in [0, 0.1) is 0 Å². The summed E-state index contributed by atoms with van der Waals surface area (Å²) in [5, 5.41) is 5.61. The zero-order valence-corrected chi connectivity index (χ0v) is 16.6. The molecule has 0 saturated carbocycles. The first kappa shape index (κ1) is 18.0. The summed E-state index contributed by atoms with van der Waals surface area (Å²) in [5.74, 6) is 0.966. The maximum Gasteiger partial charge on any atom is 0.228 e. The summed E-state index contributed by atoms with van der Waals surface area (Å²) in [7, 11) is 0. The van der Waals surface area contributed by atoms with E-state index in [9.17, 15) is 0 Å². The molecule has 0 radical (unpaired) electrons. The Morgan fingerprint density at radius 2 is 1.80 bits per heavy atom. The summed E-state index contributed by atoms with van der Waals surface area (Å²) in [4.78, 5) is 20.6. The second-order valence-corrected chi connectivity index (χ2v) is 8.21. The summed E-state index contributed by atoms with van der Waals surface area (Å²) >= 11 is 0. The average molecular weight is 408 g/mol. The van der Waals surface area contributed by atoms with E-state index in [0.717, 1.165) is 80.3 Å². The molecule has 0 spiro atoms. The maximum absolute atomic E-state index is 5.89. The number of nitrogens with zero attached hydrogens (tertiary/aromatic N) is 7. The standard InChI is InChI=1S/C20H24N8O2/c21-19-22-7-12(8-23-19)17-16-9-24-28(13-3-5-29-6-4-13)18(16)26-20(25-17)27-10-15-2-1-14(27)11-30-15/h7-9,13-15H,1-6,10-11H2,(H2,21,22,23). The number of piperidine rings is 1. The van der Waals surface area contributed by atoms with Crippen LogP contribution in [-0.2, 0) is 9.47 Å². The van der Waals surface area contributed by atoms with Gasteiger partial charge in [-0.3, -0.25) is 0 Å². The minimum absolute atomic E-state index is 0.243. The molecule has 10 heteroatoms. The lowest BCUT2D eigenvalue weighted by molar-refractivity contribution is -0.0232. The monoisotopic (exact) mass is 408 g/mol. The summed E-state index contributed by atoms with van der Waals surface area (Å²) in [6, 6.07) is 0.582.